The molecular weight excluding hydrogens is 322 g/mol. The van der Waals surface area contributed by atoms with Gasteiger partial charge in [-0.2, -0.15) is 0 Å². The fourth-order valence-corrected chi connectivity index (χ4v) is 3.58. The Labute approximate surface area is 152 Å². The van der Waals surface area contributed by atoms with Crippen LogP contribution in [0.2, 0.25) is 0 Å². The van der Waals surface area contributed by atoms with Crippen molar-refractivity contribution in [1.82, 2.24) is 4.57 Å². The van der Waals surface area contributed by atoms with E-state index in [0.717, 1.165) is 29.6 Å². The zero-order valence-corrected chi connectivity index (χ0v) is 15.0. The van der Waals surface area contributed by atoms with Crippen LogP contribution in [0.15, 0.2) is 60.7 Å². The van der Waals surface area contributed by atoms with Crippen molar-refractivity contribution in [2.45, 2.75) is 26.7 Å². The van der Waals surface area contributed by atoms with Crippen LogP contribution in [-0.4, -0.2) is 15.6 Å². The summed E-state index contributed by atoms with van der Waals surface area (Å²) in [6.45, 7) is 4.32. The predicted molar refractivity (Wildman–Crippen MR) is 106 cm³/mol. The summed E-state index contributed by atoms with van der Waals surface area (Å²) in [5.74, 6) is -0.902. The molecule has 4 rings (SSSR count). The van der Waals surface area contributed by atoms with Crippen LogP contribution < -0.4 is 0 Å². The lowest BCUT2D eigenvalue weighted by molar-refractivity contribution is 0.0697. The number of nitrogens with zero attached hydrogens (tertiary/aromatic N) is 1. The summed E-state index contributed by atoms with van der Waals surface area (Å²) in [5, 5.41) is 11.6. The highest BCUT2D eigenvalue weighted by atomic mass is 16.4. The van der Waals surface area contributed by atoms with Crippen LogP contribution >= 0.6 is 0 Å². The molecule has 0 aliphatic carbocycles. The molecule has 3 heteroatoms. The molecule has 0 amide bonds. The summed E-state index contributed by atoms with van der Waals surface area (Å²) >= 11 is 0. The zero-order valence-electron chi connectivity index (χ0n) is 15.0. The monoisotopic (exact) mass is 343 g/mol. The van der Waals surface area contributed by atoms with Crippen molar-refractivity contribution in [1.29, 1.82) is 0 Å². The number of carbonyl (C=O) groups is 1. The van der Waals surface area contributed by atoms with E-state index in [1.165, 1.54) is 21.9 Å². The zero-order chi connectivity index (χ0) is 18.3. The number of fused-ring (bicyclic) bond motifs is 3. The van der Waals surface area contributed by atoms with Gasteiger partial charge in [0.2, 0.25) is 0 Å². The van der Waals surface area contributed by atoms with Gasteiger partial charge in [0.05, 0.1) is 16.6 Å². The second-order valence-electron chi connectivity index (χ2n) is 6.60. The number of carboxylic acid groups (broad SMARTS) is 1. The third kappa shape index (κ3) is 2.57. The van der Waals surface area contributed by atoms with Gasteiger partial charge in [0.15, 0.2) is 0 Å². The second-order valence-corrected chi connectivity index (χ2v) is 6.60. The molecule has 0 aliphatic heterocycles. The average molecular weight is 343 g/mol. The first-order valence-electron chi connectivity index (χ1n) is 9.02. The Balaban J connectivity index is 2.07. The highest BCUT2D eigenvalue weighted by Gasteiger charge is 2.13. The molecule has 0 unspecified atom stereocenters. The lowest BCUT2D eigenvalue weighted by Gasteiger charge is -2.09. The lowest BCUT2D eigenvalue weighted by Crippen LogP contribution is -1.99. The molecule has 0 saturated heterocycles. The van der Waals surface area contributed by atoms with Crippen LogP contribution in [0, 0.1) is 0 Å². The molecule has 1 N–H and O–H groups in total. The second kappa shape index (κ2) is 6.34. The van der Waals surface area contributed by atoms with Crippen molar-refractivity contribution in [3.63, 3.8) is 0 Å². The third-order valence-corrected chi connectivity index (χ3v) is 5.09. The molecule has 1 aromatic heterocycles. The molecule has 26 heavy (non-hydrogen) atoms. The van der Waals surface area contributed by atoms with E-state index in [1.807, 2.05) is 12.1 Å². The first kappa shape index (κ1) is 16.4. The number of aryl methyl sites for hydroxylation is 2. The lowest BCUT2D eigenvalue weighted by atomic mass is 10.1. The van der Waals surface area contributed by atoms with Crippen molar-refractivity contribution in [2.24, 2.45) is 0 Å². The van der Waals surface area contributed by atoms with Crippen molar-refractivity contribution < 1.29 is 9.90 Å². The van der Waals surface area contributed by atoms with Crippen LogP contribution in [0.3, 0.4) is 0 Å². The predicted octanol–water partition coefficient (Wildman–Crippen LogP) is 5.61. The normalized spacial score (nSPS) is 11.3. The maximum absolute atomic E-state index is 11.2. The quantitative estimate of drug-likeness (QED) is 0.523. The Morgan fingerprint density at radius 1 is 0.808 bits per heavy atom. The molecule has 1 heterocycles. The summed E-state index contributed by atoms with van der Waals surface area (Å²) in [5.41, 5.74) is 6.19. The van der Waals surface area contributed by atoms with E-state index in [1.54, 1.807) is 12.1 Å². The SMILES string of the molecule is CCc1ccc2c3ccc(CC)cc3n(-c3ccc(C(=O)O)cc3)c2c1. The van der Waals surface area contributed by atoms with Crippen LogP contribution in [0.5, 0.6) is 0 Å². The molecule has 0 saturated carbocycles. The van der Waals surface area contributed by atoms with Gasteiger partial charge in [-0.05, 0) is 60.4 Å². The van der Waals surface area contributed by atoms with Gasteiger partial charge in [-0.25, -0.2) is 4.79 Å². The standard InChI is InChI=1S/C23H21NO2/c1-3-15-5-11-19-20-12-6-16(4-2)14-22(20)24(21(19)13-15)18-9-7-17(8-10-18)23(25)26/h5-14H,3-4H2,1-2H3,(H,25,26). The molecule has 0 atom stereocenters. The van der Waals surface area contributed by atoms with E-state index in [0.29, 0.717) is 5.56 Å². The summed E-state index contributed by atoms with van der Waals surface area (Å²) in [6, 6.07) is 20.4. The van der Waals surface area contributed by atoms with Crippen molar-refractivity contribution in [3.8, 4) is 5.69 Å². The summed E-state index contributed by atoms with van der Waals surface area (Å²) in [6.07, 6.45) is 1.96. The van der Waals surface area contributed by atoms with Gasteiger partial charge in [-0.1, -0.05) is 38.1 Å². The maximum Gasteiger partial charge on any atom is 0.335 e. The molecule has 4 aromatic rings. The molecule has 0 radical (unpaired) electrons. The van der Waals surface area contributed by atoms with Crippen LogP contribution in [0.4, 0.5) is 0 Å². The molecule has 0 spiro atoms. The van der Waals surface area contributed by atoms with Gasteiger partial charge in [-0.3, -0.25) is 0 Å². The smallest absolute Gasteiger partial charge is 0.335 e. The van der Waals surface area contributed by atoms with E-state index >= 15 is 0 Å². The average Bonchev–Trinajstić information content (AvgIpc) is 3.00. The van der Waals surface area contributed by atoms with Crippen molar-refractivity contribution >= 4 is 27.8 Å². The van der Waals surface area contributed by atoms with Crippen molar-refractivity contribution in [3.05, 3.63) is 77.4 Å². The topological polar surface area (TPSA) is 42.2 Å². The van der Waals surface area contributed by atoms with Crippen LogP contribution in [0.1, 0.15) is 35.3 Å². The first-order chi connectivity index (χ1) is 12.6. The highest BCUT2D eigenvalue weighted by Crippen LogP contribution is 2.33. The van der Waals surface area contributed by atoms with Crippen LogP contribution in [0.25, 0.3) is 27.5 Å². The van der Waals surface area contributed by atoms with E-state index in [-0.39, 0.29) is 0 Å². The number of benzene rings is 3. The molecule has 3 aromatic carbocycles. The Bertz CT molecular complexity index is 1060. The number of hydrogen-bond donors (Lipinski definition) is 1. The summed E-state index contributed by atoms with van der Waals surface area (Å²) in [4.78, 5) is 11.2. The van der Waals surface area contributed by atoms with Gasteiger partial charge in [0.1, 0.15) is 0 Å². The molecular formula is C23H21NO2. The van der Waals surface area contributed by atoms with Gasteiger partial charge < -0.3 is 9.67 Å². The molecule has 3 nitrogen and oxygen atoms in total. The Kier molecular flexibility index (Phi) is 4.00. The fraction of sp³-hybridized carbons (Fsp3) is 0.174. The van der Waals surface area contributed by atoms with E-state index in [4.69, 9.17) is 0 Å². The number of carboxylic acids is 1. The van der Waals surface area contributed by atoms with Crippen molar-refractivity contribution in [2.75, 3.05) is 0 Å². The Hall–Kier alpha value is -3.07. The maximum atomic E-state index is 11.2. The number of aromatic nitrogens is 1. The highest BCUT2D eigenvalue weighted by molar-refractivity contribution is 6.09. The van der Waals surface area contributed by atoms with E-state index in [9.17, 15) is 9.90 Å². The Morgan fingerprint density at radius 2 is 1.31 bits per heavy atom. The minimum absolute atomic E-state index is 0.304. The Morgan fingerprint density at radius 3 is 1.73 bits per heavy atom. The van der Waals surface area contributed by atoms with Crippen LogP contribution in [-0.2, 0) is 12.8 Å². The largest absolute Gasteiger partial charge is 0.478 e. The first-order valence-corrected chi connectivity index (χ1v) is 9.02. The molecule has 0 aliphatic rings. The molecule has 0 fully saturated rings. The summed E-state index contributed by atoms with van der Waals surface area (Å²) < 4.78 is 2.24. The molecule has 0 bridgehead atoms. The minimum atomic E-state index is -0.902. The van der Waals surface area contributed by atoms with Gasteiger partial charge >= 0.3 is 5.97 Å². The summed E-state index contributed by atoms with van der Waals surface area (Å²) in [7, 11) is 0. The van der Waals surface area contributed by atoms with E-state index < -0.39 is 5.97 Å². The number of hydrogen-bond acceptors (Lipinski definition) is 1. The minimum Gasteiger partial charge on any atom is -0.478 e. The fourth-order valence-electron chi connectivity index (χ4n) is 3.58. The molecule has 130 valence electrons. The van der Waals surface area contributed by atoms with Gasteiger partial charge in [0, 0.05) is 16.5 Å². The number of aromatic carboxylic acids is 1. The van der Waals surface area contributed by atoms with Gasteiger partial charge in [0.25, 0.3) is 0 Å². The number of rotatable bonds is 4. The van der Waals surface area contributed by atoms with Gasteiger partial charge in [-0.15, -0.1) is 0 Å². The third-order valence-electron chi connectivity index (χ3n) is 5.09. The van der Waals surface area contributed by atoms with E-state index in [2.05, 4.69) is 54.8 Å².